The molecule has 0 radical (unpaired) electrons. The van der Waals surface area contributed by atoms with E-state index >= 15 is 0 Å². The van der Waals surface area contributed by atoms with E-state index in [0.717, 1.165) is 11.1 Å². The molecule has 0 spiro atoms. The molecule has 2 aromatic rings. The first kappa shape index (κ1) is 34.1. The Hall–Kier alpha value is -4.38. The molecule has 0 saturated carbocycles. The Labute approximate surface area is 258 Å². The summed E-state index contributed by atoms with van der Waals surface area (Å²) in [6, 6.07) is 15.7. The molecule has 2 aromatic carbocycles. The quantitative estimate of drug-likeness (QED) is 0.289. The Kier molecular flexibility index (Phi) is 13.2. The molecule has 1 aliphatic rings. The maximum atomic E-state index is 13.0. The van der Waals surface area contributed by atoms with Crippen LogP contribution in [0.25, 0.3) is 0 Å². The van der Waals surface area contributed by atoms with Gasteiger partial charge in [0.25, 0.3) is 0 Å². The lowest BCUT2D eigenvalue weighted by Gasteiger charge is -2.28. The highest BCUT2D eigenvalue weighted by Gasteiger charge is 2.29. The highest BCUT2D eigenvalue weighted by Crippen LogP contribution is 2.18. The molecule has 0 fully saturated rings. The minimum absolute atomic E-state index is 0.0833. The molecule has 44 heavy (non-hydrogen) atoms. The van der Waals surface area contributed by atoms with E-state index in [2.05, 4.69) is 16.0 Å². The molecule has 3 rings (SSSR count). The van der Waals surface area contributed by atoms with Gasteiger partial charge >= 0.3 is 12.1 Å². The SMILES string of the molecule is CCOC(=O)CC1OC/C=C/CC(NC(=O)OC(C)(C)C)C(=O)NCC(=O)N[C@H]1Cc1ccc(OCc2ccccc2)cc1. The van der Waals surface area contributed by atoms with Crippen molar-refractivity contribution in [2.75, 3.05) is 19.8 Å². The number of ether oxygens (including phenoxy) is 4. The van der Waals surface area contributed by atoms with E-state index in [1.165, 1.54) is 0 Å². The van der Waals surface area contributed by atoms with Gasteiger partial charge in [-0.3, -0.25) is 14.4 Å². The second kappa shape index (κ2) is 17.0. The van der Waals surface area contributed by atoms with Gasteiger partial charge in [0.2, 0.25) is 11.8 Å². The number of nitrogens with one attached hydrogen (secondary N) is 3. The molecular formula is C33H43N3O8. The number of carbonyl (C=O) groups excluding carboxylic acids is 4. The summed E-state index contributed by atoms with van der Waals surface area (Å²) in [5.74, 6) is -0.781. The van der Waals surface area contributed by atoms with Gasteiger partial charge in [-0.15, -0.1) is 0 Å². The van der Waals surface area contributed by atoms with Crippen LogP contribution in [0.1, 0.15) is 51.7 Å². The van der Waals surface area contributed by atoms with Crippen molar-refractivity contribution in [1.82, 2.24) is 16.0 Å². The Morgan fingerprint density at radius 3 is 2.41 bits per heavy atom. The van der Waals surface area contributed by atoms with Crippen LogP contribution in [0.4, 0.5) is 4.79 Å². The third kappa shape index (κ3) is 12.5. The first-order valence-electron chi connectivity index (χ1n) is 14.8. The molecule has 0 bridgehead atoms. The Morgan fingerprint density at radius 2 is 1.73 bits per heavy atom. The molecule has 2 unspecified atom stereocenters. The fraction of sp³-hybridized carbons (Fsp3) is 0.455. The van der Waals surface area contributed by atoms with E-state index in [4.69, 9.17) is 18.9 Å². The van der Waals surface area contributed by atoms with Crippen LogP contribution in [0.3, 0.4) is 0 Å². The van der Waals surface area contributed by atoms with Gasteiger partial charge in [-0.05, 0) is 63.8 Å². The van der Waals surface area contributed by atoms with Crippen molar-refractivity contribution >= 4 is 23.9 Å². The van der Waals surface area contributed by atoms with Crippen LogP contribution in [0.2, 0.25) is 0 Å². The van der Waals surface area contributed by atoms with Crippen molar-refractivity contribution in [3.05, 3.63) is 77.9 Å². The van der Waals surface area contributed by atoms with E-state index in [0.29, 0.717) is 18.8 Å². The lowest BCUT2D eigenvalue weighted by atomic mass is 9.98. The monoisotopic (exact) mass is 609 g/mol. The number of rotatable bonds is 9. The lowest BCUT2D eigenvalue weighted by molar-refractivity contribution is -0.147. The summed E-state index contributed by atoms with van der Waals surface area (Å²) in [6.45, 7) is 7.28. The third-order valence-electron chi connectivity index (χ3n) is 6.47. The fourth-order valence-electron chi connectivity index (χ4n) is 4.40. The highest BCUT2D eigenvalue weighted by molar-refractivity contribution is 5.89. The van der Waals surface area contributed by atoms with Crippen molar-refractivity contribution in [3.8, 4) is 5.75 Å². The van der Waals surface area contributed by atoms with Gasteiger partial charge in [-0.1, -0.05) is 54.6 Å². The molecule has 0 aromatic heterocycles. The van der Waals surface area contributed by atoms with Crippen molar-refractivity contribution in [3.63, 3.8) is 0 Å². The van der Waals surface area contributed by atoms with Crippen molar-refractivity contribution < 1.29 is 38.1 Å². The van der Waals surface area contributed by atoms with Crippen molar-refractivity contribution in [2.24, 2.45) is 0 Å². The van der Waals surface area contributed by atoms with Gasteiger partial charge in [0.1, 0.15) is 24.0 Å². The zero-order valence-electron chi connectivity index (χ0n) is 25.8. The van der Waals surface area contributed by atoms with Gasteiger partial charge in [-0.25, -0.2) is 4.79 Å². The van der Waals surface area contributed by atoms with Crippen LogP contribution in [-0.4, -0.2) is 67.4 Å². The number of carbonyl (C=O) groups is 4. The van der Waals surface area contributed by atoms with Gasteiger partial charge < -0.3 is 34.9 Å². The molecule has 1 aliphatic heterocycles. The summed E-state index contributed by atoms with van der Waals surface area (Å²) in [7, 11) is 0. The molecule has 0 aliphatic carbocycles. The summed E-state index contributed by atoms with van der Waals surface area (Å²) in [6.07, 6.45) is 2.33. The number of amides is 3. The average molecular weight is 610 g/mol. The van der Waals surface area contributed by atoms with Crippen molar-refractivity contribution in [2.45, 2.75) is 77.4 Å². The molecule has 11 heteroatoms. The third-order valence-corrected chi connectivity index (χ3v) is 6.47. The van der Waals surface area contributed by atoms with Crippen LogP contribution >= 0.6 is 0 Å². The number of hydrogen-bond acceptors (Lipinski definition) is 8. The number of hydrogen-bond donors (Lipinski definition) is 3. The normalized spacial score (nSPS) is 20.4. The molecule has 3 atom stereocenters. The first-order valence-corrected chi connectivity index (χ1v) is 14.8. The zero-order valence-corrected chi connectivity index (χ0v) is 25.8. The van der Waals surface area contributed by atoms with Gasteiger partial charge in [0.05, 0.1) is 38.3 Å². The van der Waals surface area contributed by atoms with E-state index in [1.54, 1.807) is 39.8 Å². The number of esters is 1. The topological polar surface area (TPSA) is 141 Å². The molecule has 3 N–H and O–H groups in total. The highest BCUT2D eigenvalue weighted by atomic mass is 16.6. The van der Waals surface area contributed by atoms with Crippen LogP contribution in [0.5, 0.6) is 5.75 Å². The Morgan fingerprint density at radius 1 is 1.00 bits per heavy atom. The number of alkyl carbamates (subject to hydrolysis) is 1. The number of benzene rings is 2. The maximum absolute atomic E-state index is 13.0. The van der Waals surface area contributed by atoms with Gasteiger partial charge in [-0.2, -0.15) is 0 Å². The molecule has 238 valence electrons. The minimum atomic E-state index is -0.969. The van der Waals surface area contributed by atoms with Crippen molar-refractivity contribution in [1.29, 1.82) is 0 Å². The van der Waals surface area contributed by atoms with E-state index in [9.17, 15) is 19.2 Å². The van der Waals surface area contributed by atoms with E-state index in [-0.39, 0.29) is 32.6 Å². The molecule has 0 saturated heterocycles. The zero-order chi connectivity index (χ0) is 32.0. The van der Waals surface area contributed by atoms with Crippen LogP contribution in [0.15, 0.2) is 66.7 Å². The predicted molar refractivity (Wildman–Crippen MR) is 164 cm³/mol. The smallest absolute Gasteiger partial charge is 0.408 e. The molecule has 3 amide bonds. The Balaban J connectivity index is 1.73. The molecular weight excluding hydrogens is 566 g/mol. The fourth-order valence-corrected chi connectivity index (χ4v) is 4.40. The Bertz CT molecular complexity index is 1260. The molecule has 1 heterocycles. The van der Waals surface area contributed by atoms with Crippen LogP contribution < -0.4 is 20.7 Å². The second-order valence-electron chi connectivity index (χ2n) is 11.3. The van der Waals surface area contributed by atoms with Gasteiger partial charge in [0, 0.05) is 0 Å². The minimum Gasteiger partial charge on any atom is -0.489 e. The maximum Gasteiger partial charge on any atom is 0.408 e. The van der Waals surface area contributed by atoms with Gasteiger partial charge in [0.15, 0.2) is 0 Å². The first-order chi connectivity index (χ1) is 21.0. The summed E-state index contributed by atoms with van der Waals surface area (Å²) in [5, 5.41) is 8.05. The standard InChI is InChI=1S/C33H43N3O8/c1-5-41-30(38)20-28-27(19-23-14-16-25(17-15-23)43-22-24-11-7-6-8-12-24)35-29(37)21-34-31(39)26(13-9-10-18-42-28)36-32(40)44-33(2,3)4/h6-12,14-17,26-28H,5,13,18-22H2,1-4H3,(H,34,39)(H,35,37)(H,36,40)/b10-9+/t26?,27-,28?/m0/s1. The summed E-state index contributed by atoms with van der Waals surface area (Å²) in [4.78, 5) is 50.7. The summed E-state index contributed by atoms with van der Waals surface area (Å²) < 4.78 is 22.4. The average Bonchev–Trinajstić information content (AvgIpc) is 2.98. The predicted octanol–water partition coefficient (Wildman–Crippen LogP) is 3.60. The molecule has 11 nitrogen and oxygen atoms in total. The summed E-state index contributed by atoms with van der Waals surface area (Å²) in [5.41, 5.74) is 1.19. The van der Waals surface area contributed by atoms with Crippen LogP contribution in [-0.2, 0) is 41.6 Å². The lowest BCUT2D eigenvalue weighted by Crippen LogP contribution is -2.52. The van der Waals surface area contributed by atoms with E-state index in [1.807, 2.05) is 54.6 Å². The van der Waals surface area contributed by atoms with Crippen LogP contribution in [0, 0.1) is 0 Å². The van der Waals surface area contributed by atoms with E-state index < -0.39 is 47.7 Å². The second-order valence-corrected chi connectivity index (χ2v) is 11.3. The largest absolute Gasteiger partial charge is 0.489 e. The summed E-state index contributed by atoms with van der Waals surface area (Å²) >= 11 is 0.